The molecule has 10 heteroatoms. The molecule has 1 aromatic heterocycles. The van der Waals surface area contributed by atoms with Crippen molar-refractivity contribution in [1.29, 1.82) is 0 Å². The number of hydrogen-bond acceptors (Lipinski definition) is 7. The number of anilines is 1. The Balaban J connectivity index is 1.63. The molecular weight excluding hydrogens is 457 g/mol. The number of aromatic nitrogens is 3. The van der Waals surface area contributed by atoms with Crippen molar-refractivity contribution in [2.24, 2.45) is 0 Å². The van der Waals surface area contributed by atoms with E-state index in [1.807, 2.05) is 30.3 Å². The van der Waals surface area contributed by atoms with Crippen molar-refractivity contribution in [2.45, 2.75) is 10.4 Å². The van der Waals surface area contributed by atoms with Gasteiger partial charge in [-0.05, 0) is 48.0 Å². The third-order valence-corrected chi connectivity index (χ3v) is 6.19. The number of benzene rings is 3. The van der Waals surface area contributed by atoms with Gasteiger partial charge in [0.05, 0.1) is 14.2 Å². The standard InChI is InChI=1S/C24H22FN5O3S/c1-32-19-13-8-16(14-20(19)33-2)22-28-29-24(30(22)26)34-21(15-6-4-3-5-7-15)23(31)27-18-11-9-17(25)10-12-18/h3-14,21H,26H2,1-2H3,(H,27,31)/t21-/m1/s1. The average molecular weight is 480 g/mol. The maximum absolute atomic E-state index is 13.2. The molecule has 3 N–H and O–H groups in total. The molecule has 0 radical (unpaired) electrons. The third kappa shape index (κ3) is 4.96. The zero-order valence-corrected chi connectivity index (χ0v) is 19.3. The summed E-state index contributed by atoms with van der Waals surface area (Å²) in [4.78, 5) is 13.2. The van der Waals surface area contributed by atoms with E-state index >= 15 is 0 Å². The molecule has 0 spiro atoms. The summed E-state index contributed by atoms with van der Waals surface area (Å²) < 4.78 is 25.2. The topological polar surface area (TPSA) is 104 Å². The molecule has 1 atom stereocenters. The van der Waals surface area contributed by atoms with E-state index in [1.54, 1.807) is 32.4 Å². The van der Waals surface area contributed by atoms with Gasteiger partial charge in [-0.1, -0.05) is 42.1 Å². The Morgan fingerprint density at radius 1 is 1.00 bits per heavy atom. The van der Waals surface area contributed by atoms with Crippen LogP contribution in [0.15, 0.2) is 78.0 Å². The number of carbonyl (C=O) groups excluding carboxylic acids is 1. The monoisotopic (exact) mass is 479 g/mol. The van der Waals surface area contributed by atoms with Crippen LogP contribution >= 0.6 is 11.8 Å². The highest BCUT2D eigenvalue weighted by Gasteiger charge is 2.26. The van der Waals surface area contributed by atoms with Crippen LogP contribution in [0.2, 0.25) is 0 Å². The van der Waals surface area contributed by atoms with Crippen LogP contribution in [0, 0.1) is 5.82 Å². The van der Waals surface area contributed by atoms with Crippen LogP contribution in [-0.2, 0) is 4.79 Å². The second-order valence-corrected chi connectivity index (χ2v) is 8.22. The maximum Gasteiger partial charge on any atom is 0.242 e. The number of ether oxygens (including phenoxy) is 2. The quantitative estimate of drug-likeness (QED) is 0.287. The molecule has 174 valence electrons. The summed E-state index contributed by atoms with van der Waals surface area (Å²) in [5.74, 6) is 7.13. The summed E-state index contributed by atoms with van der Waals surface area (Å²) in [6, 6.07) is 20.1. The molecule has 1 amide bonds. The number of hydrogen-bond donors (Lipinski definition) is 2. The number of methoxy groups -OCH3 is 2. The summed E-state index contributed by atoms with van der Waals surface area (Å²) in [7, 11) is 3.10. The molecule has 8 nitrogen and oxygen atoms in total. The van der Waals surface area contributed by atoms with Crippen molar-refractivity contribution < 1.29 is 18.7 Å². The zero-order valence-electron chi connectivity index (χ0n) is 18.4. The number of nitrogen functional groups attached to an aromatic ring is 1. The highest BCUT2D eigenvalue weighted by atomic mass is 32.2. The maximum atomic E-state index is 13.2. The summed E-state index contributed by atoms with van der Waals surface area (Å²) in [5, 5.41) is 10.9. The van der Waals surface area contributed by atoms with Gasteiger partial charge in [0.1, 0.15) is 11.1 Å². The van der Waals surface area contributed by atoms with Crippen molar-refractivity contribution in [3.8, 4) is 22.9 Å². The molecular formula is C24H22FN5O3S. The SMILES string of the molecule is COc1ccc(-c2nnc(S[C@@H](C(=O)Nc3ccc(F)cc3)c3ccccc3)n2N)cc1OC. The van der Waals surface area contributed by atoms with Crippen molar-refractivity contribution >= 4 is 23.4 Å². The molecule has 0 saturated heterocycles. The fourth-order valence-corrected chi connectivity index (χ4v) is 4.23. The molecule has 0 bridgehead atoms. The van der Waals surface area contributed by atoms with Gasteiger partial charge in [-0.25, -0.2) is 9.07 Å². The van der Waals surface area contributed by atoms with Crippen LogP contribution in [-0.4, -0.2) is 35.0 Å². The zero-order chi connectivity index (χ0) is 24.1. The largest absolute Gasteiger partial charge is 0.493 e. The molecule has 0 aliphatic carbocycles. The Hall–Kier alpha value is -4.05. The predicted molar refractivity (Wildman–Crippen MR) is 129 cm³/mol. The molecule has 4 rings (SSSR count). The van der Waals surface area contributed by atoms with Gasteiger partial charge in [-0.3, -0.25) is 4.79 Å². The Morgan fingerprint density at radius 3 is 2.38 bits per heavy atom. The normalized spacial score (nSPS) is 11.6. The molecule has 0 saturated carbocycles. The van der Waals surface area contributed by atoms with Crippen molar-refractivity contribution in [2.75, 3.05) is 25.4 Å². The molecule has 4 aromatic rings. The predicted octanol–water partition coefficient (Wildman–Crippen LogP) is 4.29. The minimum atomic E-state index is -0.684. The number of nitrogens with one attached hydrogen (secondary N) is 1. The van der Waals surface area contributed by atoms with E-state index in [0.29, 0.717) is 33.7 Å². The summed E-state index contributed by atoms with van der Waals surface area (Å²) in [6.45, 7) is 0. The van der Waals surface area contributed by atoms with Crippen molar-refractivity contribution in [1.82, 2.24) is 14.9 Å². The van der Waals surface area contributed by atoms with Gasteiger partial charge in [0.15, 0.2) is 17.3 Å². The van der Waals surface area contributed by atoms with Gasteiger partial charge in [0.2, 0.25) is 11.1 Å². The lowest BCUT2D eigenvalue weighted by Crippen LogP contribution is -2.20. The van der Waals surface area contributed by atoms with Crippen LogP contribution in [0.4, 0.5) is 10.1 Å². The highest BCUT2D eigenvalue weighted by Crippen LogP contribution is 2.37. The van der Waals surface area contributed by atoms with Gasteiger partial charge < -0.3 is 20.6 Å². The molecule has 34 heavy (non-hydrogen) atoms. The Morgan fingerprint density at radius 2 is 1.71 bits per heavy atom. The number of halogens is 1. The van der Waals surface area contributed by atoms with E-state index in [0.717, 1.165) is 17.3 Å². The Kier molecular flexibility index (Phi) is 6.98. The van der Waals surface area contributed by atoms with Crippen LogP contribution in [0.5, 0.6) is 11.5 Å². The highest BCUT2D eigenvalue weighted by molar-refractivity contribution is 8.00. The molecule has 1 heterocycles. The van der Waals surface area contributed by atoms with Gasteiger partial charge in [-0.2, -0.15) is 0 Å². The summed E-state index contributed by atoms with van der Waals surface area (Å²) in [6.07, 6.45) is 0. The number of nitrogens with zero attached hydrogens (tertiary/aromatic N) is 3. The first kappa shape index (κ1) is 23.1. The third-order valence-electron chi connectivity index (χ3n) is 4.98. The minimum absolute atomic E-state index is 0.307. The van der Waals surface area contributed by atoms with Crippen LogP contribution in [0.3, 0.4) is 0 Å². The second kappa shape index (κ2) is 10.3. The lowest BCUT2D eigenvalue weighted by molar-refractivity contribution is -0.115. The molecule has 0 fully saturated rings. The smallest absolute Gasteiger partial charge is 0.242 e. The van der Waals surface area contributed by atoms with Crippen molar-refractivity contribution in [3.63, 3.8) is 0 Å². The lowest BCUT2D eigenvalue weighted by Gasteiger charge is -2.16. The molecule has 0 aliphatic heterocycles. The van der Waals surface area contributed by atoms with E-state index in [2.05, 4.69) is 15.5 Å². The molecule has 0 unspecified atom stereocenters. The average Bonchev–Trinajstić information content (AvgIpc) is 3.23. The number of carbonyl (C=O) groups is 1. The van der Waals surface area contributed by atoms with E-state index < -0.39 is 5.25 Å². The number of amides is 1. The fourth-order valence-electron chi connectivity index (χ4n) is 3.28. The van der Waals surface area contributed by atoms with E-state index in [-0.39, 0.29) is 11.7 Å². The summed E-state index contributed by atoms with van der Waals surface area (Å²) in [5.41, 5.74) is 1.91. The van der Waals surface area contributed by atoms with Crippen LogP contribution in [0.25, 0.3) is 11.4 Å². The van der Waals surface area contributed by atoms with Gasteiger partial charge in [-0.15, -0.1) is 10.2 Å². The number of thioether (sulfide) groups is 1. The molecule has 3 aromatic carbocycles. The van der Waals surface area contributed by atoms with E-state index in [9.17, 15) is 9.18 Å². The van der Waals surface area contributed by atoms with Gasteiger partial charge in [0.25, 0.3) is 0 Å². The minimum Gasteiger partial charge on any atom is -0.493 e. The molecule has 0 aliphatic rings. The van der Waals surface area contributed by atoms with Gasteiger partial charge >= 0.3 is 0 Å². The first-order chi connectivity index (χ1) is 16.5. The first-order valence-electron chi connectivity index (χ1n) is 10.2. The van der Waals surface area contributed by atoms with E-state index in [1.165, 1.54) is 28.9 Å². The van der Waals surface area contributed by atoms with Crippen molar-refractivity contribution in [3.05, 3.63) is 84.2 Å². The van der Waals surface area contributed by atoms with E-state index in [4.69, 9.17) is 15.3 Å². The fraction of sp³-hybridized carbons (Fsp3) is 0.125. The van der Waals surface area contributed by atoms with Gasteiger partial charge in [0, 0.05) is 11.3 Å². The second-order valence-electron chi connectivity index (χ2n) is 7.15. The number of rotatable bonds is 8. The Bertz CT molecular complexity index is 1280. The first-order valence-corrected chi connectivity index (χ1v) is 11.1. The Labute approximate surface area is 199 Å². The summed E-state index contributed by atoms with van der Waals surface area (Å²) >= 11 is 1.15. The number of nitrogens with two attached hydrogens (primary N) is 1. The van der Waals surface area contributed by atoms with Crippen LogP contribution in [0.1, 0.15) is 10.8 Å². The van der Waals surface area contributed by atoms with Crippen LogP contribution < -0.4 is 20.6 Å². The lowest BCUT2D eigenvalue weighted by atomic mass is 10.1.